The molecule has 0 bridgehead atoms. The Morgan fingerprint density at radius 3 is 1.20 bits per heavy atom. The molecule has 4 rings (SSSR count). The predicted molar refractivity (Wildman–Crippen MR) is 274 cm³/mol. The van der Waals surface area contributed by atoms with Crippen molar-refractivity contribution >= 4 is 119 Å². The minimum absolute atomic E-state index is 0.0789. The van der Waals surface area contributed by atoms with E-state index < -0.39 is 95.2 Å². The summed E-state index contributed by atoms with van der Waals surface area (Å²) in [6, 6.07) is 10.2. The topological polar surface area (TPSA) is 475 Å². The molecule has 0 aliphatic rings. The van der Waals surface area contributed by atoms with Crippen LogP contribution >= 0.6 is 0 Å². The van der Waals surface area contributed by atoms with Crippen LogP contribution in [0.4, 0.5) is 46.0 Å². The molecule has 0 spiro atoms. The van der Waals surface area contributed by atoms with E-state index in [1.54, 1.807) is 0 Å². The number of azo groups is 2. The Hall–Kier alpha value is -7.20. The van der Waals surface area contributed by atoms with Gasteiger partial charge in [-0.05, 0) is 49.2 Å². The molecule has 0 aliphatic carbocycles. The summed E-state index contributed by atoms with van der Waals surface area (Å²) < 4.78 is 190. The van der Waals surface area contributed by atoms with Crippen molar-refractivity contribution in [2.24, 2.45) is 20.5 Å². The first kappa shape index (κ1) is 61.3. The lowest BCUT2D eigenvalue weighted by atomic mass is 10.1. The predicted octanol–water partition coefficient (Wildman–Crippen LogP) is 4.73. The van der Waals surface area contributed by atoms with Gasteiger partial charge >= 0.3 is 20.8 Å². The first-order valence-electron chi connectivity index (χ1n) is 20.9. The minimum atomic E-state index is -5.10. The summed E-state index contributed by atoms with van der Waals surface area (Å²) >= 11 is 0. The molecule has 0 saturated heterocycles. The molecule has 0 amide bonds. The van der Waals surface area contributed by atoms with Gasteiger partial charge in [-0.25, -0.2) is 35.2 Å². The Labute approximate surface area is 436 Å². The van der Waals surface area contributed by atoms with E-state index in [0.29, 0.717) is 0 Å². The van der Waals surface area contributed by atoms with Crippen molar-refractivity contribution in [1.82, 2.24) is 9.97 Å². The van der Waals surface area contributed by atoms with Crippen LogP contribution in [-0.4, -0.2) is 130 Å². The number of hydrogen-bond donors (Lipinski definition) is 8. The van der Waals surface area contributed by atoms with E-state index >= 15 is 0 Å². The van der Waals surface area contributed by atoms with E-state index in [9.17, 15) is 70.1 Å². The van der Waals surface area contributed by atoms with Gasteiger partial charge in [-0.15, -0.1) is 10.2 Å². The van der Waals surface area contributed by atoms with Gasteiger partial charge in [-0.3, -0.25) is 18.2 Å². The number of nitrogens with one attached hydrogen (secondary N) is 4. The maximum Gasteiger partial charge on any atom is 0.397 e. The first-order chi connectivity index (χ1) is 35.3. The Morgan fingerprint density at radius 2 is 0.895 bits per heavy atom. The number of benzene rings is 2. The molecule has 0 radical (unpaired) electrons. The minimum Gasteiger partial charge on any atom is -0.367 e. The smallest absolute Gasteiger partial charge is 0.367 e. The number of anilines is 4. The third-order valence-corrected chi connectivity index (χ3v) is 15.0. The zero-order valence-corrected chi connectivity index (χ0v) is 44.3. The Bertz CT molecular complexity index is 3560. The summed E-state index contributed by atoms with van der Waals surface area (Å²) in [5.41, 5.74) is -1.44. The molecule has 0 atom stereocenters. The highest BCUT2D eigenvalue weighted by atomic mass is 32.3. The summed E-state index contributed by atoms with van der Waals surface area (Å²) in [7, 11) is -27.3. The van der Waals surface area contributed by atoms with Gasteiger partial charge in [-0.1, -0.05) is 37.4 Å². The van der Waals surface area contributed by atoms with Gasteiger partial charge in [0, 0.05) is 48.1 Å². The van der Waals surface area contributed by atoms with Crippen LogP contribution in [0.3, 0.4) is 0 Å². The normalized spacial score (nSPS) is 12.6. The number of pyridine rings is 2. The Balaban J connectivity index is 1.74. The Kier molecular flexibility index (Phi) is 20.6. The number of sulfone groups is 2. The molecule has 8 N–H and O–H groups in total. The molecule has 2 aromatic heterocycles. The van der Waals surface area contributed by atoms with Gasteiger partial charge in [0.05, 0.1) is 47.2 Å². The van der Waals surface area contributed by atoms with E-state index in [-0.39, 0.29) is 106 Å². The maximum absolute atomic E-state index is 12.7. The summed E-state index contributed by atoms with van der Waals surface area (Å²) in [5.74, 6) is -1.60. The van der Waals surface area contributed by atoms with Crippen LogP contribution in [0.1, 0.15) is 33.4 Å². The number of nitrogens with zero attached hydrogens (tertiary/aromatic N) is 8. The number of aromatic nitrogens is 2. The largest absolute Gasteiger partial charge is 0.397 e. The Morgan fingerprint density at radius 1 is 0.553 bits per heavy atom. The van der Waals surface area contributed by atoms with E-state index in [0.717, 1.165) is 47.2 Å². The van der Waals surface area contributed by atoms with Gasteiger partial charge in [0.2, 0.25) is 0 Å². The third kappa shape index (κ3) is 18.3. The molecular weight excluding hydrogens is 1130 g/mol. The second-order valence-electron chi connectivity index (χ2n) is 14.9. The van der Waals surface area contributed by atoms with Gasteiger partial charge < -0.3 is 21.3 Å². The lowest BCUT2D eigenvalue weighted by Gasteiger charge is -2.15. The zero-order chi connectivity index (χ0) is 56.9. The molecule has 0 aliphatic heterocycles. The van der Waals surface area contributed by atoms with Gasteiger partial charge in [0.1, 0.15) is 44.9 Å². The highest BCUT2D eigenvalue weighted by molar-refractivity contribution is 7.94. The van der Waals surface area contributed by atoms with Crippen molar-refractivity contribution in [3.63, 3.8) is 0 Å². The van der Waals surface area contributed by atoms with Crippen LogP contribution < -0.4 is 21.3 Å². The van der Waals surface area contributed by atoms with Crippen molar-refractivity contribution in [3.05, 3.63) is 93.8 Å². The average molecular weight is 1170 g/mol. The number of rotatable bonds is 28. The summed E-state index contributed by atoms with van der Waals surface area (Å²) in [4.78, 5) is 6.95. The molecule has 0 saturated carbocycles. The van der Waals surface area contributed by atoms with E-state index in [1.165, 1.54) is 26.0 Å². The van der Waals surface area contributed by atoms with Gasteiger partial charge in [-0.2, -0.15) is 54.4 Å². The molecule has 2 heterocycles. The highest BCUT2D eigenvalue weighted by Crippen LogP contribution is 2.37. The fraction of sp³-hybridized carbons (Fsp3) is 0.250. The second kappa shape index (κ2) is 25.6. The monoisotopic (exact) mass is 1170 g/mol. The van der Waals surface area contributed by atoms with Crippen LogP contribution in [0.5, 0.6) is 0 Å². The first-order valence-corrected chi connectivity index (χ1v) is 29.9. The molecule has 4 aromatic rings. The molecular formula is C40H44N12O18S6. The summed E-state index contributed by atoms with van der Waals surface area (Å²) in [6.07, 6.45) is 2.12. The van der Waals surface area contributed by atoms with Crippen LogP contribution in [0.25, 0.3) is 12.2 Å². The van der Waals surface area contributed by atoms with Crippen LogP contribution in [0.15, 0.2) is 90.6 Å². The van der Waals surface area contributed by atoms with Crippen molar-refractivity contribution < 1.29 is 77.1 Å². The van der Waals surface area contributed by atoms with Crippen LogP contribution in [0, 0.1) is 36.5 Å². The van der Waals surface area contributed by atoms with Crippen molar-refractivity contribution in [2.75, 3.05) is 72.2 Å². The second-order valence-corrected chi connectivity index (χ2v) is 24.0. The summed E-state index contributed by atoms with van der Waals surface area (Å²) in [5, 5.41) is 48.5. The van der Waals surface area contributed by atoms with Gasteiger partial charge in [0.15, 0.2) is 31.3 Å². The van der Waals surface area contributed by atoms with E-state index in [1.807, 2.05) is 12.1 Å². The summed E-state index contributed by atoms with van der Waals surface area (Å²) in [6.45, 7) is 6.91. The highest BCUT2D eigenvalue weighted by Gasteiger charge is 2.22. The standard InChI is InChI=1S/C40H44N12O18S6/c1-5-71(53,54)19-15-45-39-35(25(3)31(23-41)37(47-39)43-13-17-69-75(63,64)65)51-49-29-11-9-27(33(21-29)73(57,58)59)7-8-28-10-12-30(22-34(28)74(60,61)62)50-52-36-26(4)32(24-42)38(44-14-18-70-76(66,67)68)48-40(36)46-16-20-72(55,56)6-2/h5-12,21-22H,1-2,13-20H2,3-4H3,(H2,43,45,47)(H2,44,46,48)(H,57,58,59)(H,60,61,62)(H,63,64,65)(H,66,67,68)/b8-7+,51-49+,52-50+. The number of nitriles is 2. The van der Waals surface area contributed by atoms with Crippen LogP contribution in [-0.2, 0) is 69.1 Å². The molecule has 0 fully saturated rings. The molecule has 408 valence electrons. The average Bonchev–Trinajstić information content (AvgIpc) is 3.32. The van der Waals surface area contributed by atoms with Crippen molar-refractivity contribution in [2.45, 2.75) is 23.6 Å². The molecule has 2 aromatic carbocycles. The maximum atomic E-state index is 12.7. The molecule has 0 unspecified atom stereocenters. The van der Waals surface area contributed by atoms with Crippen LogP contribution in [0.2, 0.25) is 0 Å². The SMILES string of the molecule is C=CS(=O)(=O)CCNc1nc(NCCOS(=O)(=O)O)c(C#N)c(C)c1/N=N/c1ccc(/C=C/c2ccc(/N=N/c3c(NCCS(=O)(=O)C=C)nc(NCCOS(=O)(=O)O)c(C#N)c3C)cc2S(=O)(=O)O)c(S(=O)(=O)O)c1. The lowest BCUT2D eigenvalue weighted by molar-refractivity contribution is 0.277. The quantitative estimate of drug-likeness (QED) is 0.0165. The van der Waals surface area contributed by atoms with E-state index in [2.05, 4.69) is 73.2 Å². The van der Waals surface area contributed by atoms with E-state index in [4.69, 9.17) is 9.11 Å². The fourth-order valence-electron chi connectivity index (χ4n) is 6.12. The van der Waals surface area contributed by atoms with Gasteiger partial charge in [0.25, 0.3) is 20.2 Å². The lowest BCUT2D eigenvalue weighted by Crippen LogP contribution is -2.17. The third-order valence-electron chi connectivity index (χ3n) is 9.70. The zero-order valence-electron chi connectivity index (χ0n) is 39.4. The van der Waals surface area contributed by atoms with Crippen molar-refractivity contribution in [3.8, 4) is 12.1 Å². The molecule has 30 nitrogen and oxygen atoms in total. The molecule has 36 heteroatoms. The number of hydrogen-bond acceptors (Lipinski definition) is 26. The van der Waals surface area contributed by atoms with Crippen molar-refractivity contribution in [1.29, 1.82) is 10.5 Å². The fourth-order valence-corrected chi connectivity index (χ4v) is 9.22. The molecule has 76 heavy (non-hydrogen) atoms.